The Kier molecular flexibility index (Phi) is 4.45. The number of benzene rings is 4. The highest BCUT2D eigenvalue weighted by Gasteiger charge is 2.52. The molecule has 3 atom stereocenters. The molecule has 2 heterocycles. The van der Waals surface area contributed by atoms with Crippen molar-refractivity contribution in [3.63, 3.8) is 0 Å². The molecular formula is C31H28N2. The van der Waals surface area contributed by atoms with Crippen LogP contribution in [0.15, 0.2) is 116 Å². The first-order chi connectivity index (χ1) is 16.1. The van der Waals surface area contributed by atoms with Gasteiger partial charge in [0, 0.05) is 22.6 Å². The Morgan fingerprint density at radius 1 is 0.667 bits per heavy atom. The van der Waals surface area contributed by atoms with Crippen molar-refractivity contribution < 1.29 is 0 Å². The van der Waals surface area contributed by atoms with Crippen LogP contribution in [0.2, 0.25) is 0 Å². The predicted octanol–water partition coefficient (Wildman–Crippen LogP) is 8.06. The smallest absolute Gasteiger partial charge is 0.115 e. The third kappa shape index (κ3) is 2.74. The van der Waals surface area contributed by atoms with Crippen LogP contribution in [0.1, 0.15) is 19.4 Å². The average Bonchev–Trinajstić information content (AvgIpc) is 3.23. The lowest BCUT2D eigenvalue weighted by atomic mass is 9.67. The normalized spacial score (nSPS) is 23.0. The van der Waals surface area contributed by atoms with Gasteiger partial charge in [-0.1, -0.05) is 98.8 Å². The highest BCUT2D eigenvalue weighted by atomic mass is 15.4. The third-order valence-electron chi connectivity index (χ3n) is 7.74. The van der Waals surface area contributed by atoms with Gasteiger partial charge in [-0.05, 0) is 35.4 Å². The summed E-state index contributed by atoms with van der Waals surface area (Å²) in [5.74, 6) is 0.307. The molecule has 2 aliphatic rings. The predicted molar refractivity (Wildman–Crippen MR) is 140 cm³/mol. The van der Waals surface area contributed by atoms with Gasteiger partial charge in [-0.15, -0.1) is 6.58 Å². The Morgan fingerprint density at radius 3 is 1.85 bits per heavy atom. The molecule has 0 radical (unpaired) electrons. The Morgan fingerprint density at radius 2 is 1.18 bits per heavy atom. The molecule has 0 aliphatic carbocycles. The molecule has 0 saturated heterocycles. The summed E-state index contributed by atoms with van der Waals surface area (Å²) < 4.78 is 0. The lowest BCUT2D eigenvalue weighted by Crippen LogP contribution is -2.54. The van der Waals surface area contributed by atoms with Gasteiger partial charge in [-0.3, -0.25) is 0 Å². The van der Waals surface area contributed by atoms with Gasteiger partial charge in [0.15, 0.2) is 0 Å². The first-order valence-electron chi connectivity index (χ1n) is 11.7. The second-order valence-electron chi connectivity index (χ2n) is 9.32. The van der Waals surface area contributed by atoms with E-state index in [4.69, 9.17) is 0 Å². The molecule has 0 aromatic heterocycles. The molecule has 4 aromatic carbocycles. The highest BCUT2D eigenvalue weighted by Crippen LogP contribution is 2.58. The molecular weight excluding hydrogens is 400 g/mol. The van der Waals surface area contributed by atoms with Crippen LogP contribution in [0.25, 0.3) is 11.1 Å². The number of para-hydroxylation sites is 4. The fourth-order valence-corrected chi connectivity index (χ4v) is 5.80. The number of nitrogens with zero attached hydrogens (tertiary/aromatic N) is 2. The van der Waals surface area contributed by atoms with Crippen molar-refractivity contribution in [3.8, 4) is 11.1 Å². The second kappa shape index (κ2) is 7.38. The van der Waals surface area contributed by atoms with E-state index in [0.717, 1.165) is 0 Å². The van der Waals surface area contributed by atoms with Gasteiger partial charge >= 0.3 is 0 Å². The Labute approximate surface area is 196 Å². The lowest BCUT2D eigenvalue weighted by molar-refractivity contribution is 0.313. The van der Waals surface area contributed by atoms with E-state index >= 15 is 0 Å². The topological polar surface area (TPSA) is 6.48 Å². The minimum absolute atomic E-state index is 0.139. The summed E-state index contributed by atoms with van der Waals surface area (Å²) in [6, 6.07) is 37.2. The molecule has 6 rings (SSSR count). The van der Waals surface area contributed by atoms with E-state index in [1.165, 1.54) is 39.4 Å². The largest absolute Gasteiger partial charge is 0.318 e. The molecule has 0 saturated carbocycles. The van der Waals surface area contributed by atoms with Gasteiger partial charge in [0.1, 0.15) is 6.17 Å². The van der Waals surface area contributed by atoms with Gasteiger partial charge in [0.25, 0.3) is 0 Å². The first-order valence-corrected chi connectivity index (χ1v) is 11.7. The molecule has 2 aliphatic heterocycles. The van der Waals surface area contributed by atoms with E-state index in [1.807, 2.05) is 0 Å². The Hall–Kier alpha value is -3.78. The molecule has 162 valence electrons. The minimum Gasteiger partial charge on any atom is -0.318 e. The van der Waals surface area contributed by atoms with E-state index in [2.05, 4.69) is 139 Å². The standard InChI is InChI=1S/C31H28N2/c1-4-31(3)22(2)30-32(26-18-10-8-16-24(26)23-14-6-5-7-15-23)28-20-12-13-21-29(28)33(30)27-19-11-9-17-25(27)31/h4-22,30H,1H2,2-3H3. The molecule has 2 heteroatoms. The number of allylic oxidation sites excluding steroid dienone is 1. The fourth-order valence-electron chi connectivity index (χ4n) is 5.80. The van der Waals surface area contributed by atoms with Crippen LogP contribution < -0.4 is 9.80 Å². The fraction of sp³-hybridized carbons (Fsp3) is 0.161. The van der Waals surface area contributed by atoms with Crippen LogP contribution in [0.3, 0.4) is 0 Å². The van der Waals surface area contributed by atoms with Crippen LogP contribution in [0, 0.1) is 5.92 Å². The Bertz CT molecular complexity index is 1340. The maximum atomic E-state index is 4.29. The molecule has 0 bridgehead atoms. The van der Waals surface area contributed by atoms with Crippen LogP contribution in [0.4, 0.5) is 22.7 Å². The van der Waals surface area contributed by atoms with Crippen molar-refractivity contribution in [2.75, 3.05) is 9.80 Å². The molecule has 0 N–H and O–H groups in total. The molecule has 0 amide bonds. The summed E-state index contributed by atoms with van der Waals surface area (Å²) in [7, 11) is 0. The number of rotatable bonds is 3. The van der Waals surface area contributed by atoms with Crippen molar-refractivity contribution >= 4 is 22.7 Å². The van der Waals surface area contributed by atoms with E-state index in [9.17, 15) is 0 Å². The lowest BCUT2D eigenvalue weighted by Gasteiger charge is -2.50. The second-order valence-corrected chi connectivity index (χ2v) is 9.32. The molecule has 0 spiro atoms. The van der Waals surface area contributed by atoms with Gasteiger partial charge in [-0.2, -0.15) is 0 Å². The zero-order chi connectivity index (χ0) is 22.6. The van der Waals surface area contributed by atoms with Crippen molar-refractivity contribution in [2.45, 2.75) is 25.4 Å². The van der Waals surface area contributed by atoms with Crippen LogP contribution in [-0.2, 0) is 5.41 Å². The summed E-state index contributed by atoms with van der Waals surface area (Å²) >= 11 is 0. The van der Waals surface area contributed by atoms with Crippen molar-refractivity contribution in [1.29, 1.82) is 0 Å². The third-order valence-corrected chi connectivity index (χ3v) is 7.74. The molecule has 0 fully saturated rings. The van der Waals surface area contributed by atoms with E-state index in [0.29, 0.717) is 5.92 Å². The summed E-state index contributed by atoms with van der Waals surface area (Å²) in [5, 5.41) is 0. The zero-order valence-electron chi connectivity index (χ0n) is 19.1. The zero-order valence-corrected chi connectivity index (χ0v) is 19.1. The van der Waals surface area contributed by atoms with E-state index < -0.39 is 0 Å². The van der Waals surface area contributed by atoms with E-state index in [-0.39, 0.29) is 11.6 Å². The molecule has 2 nitrogen and oxygen atoms in total. The maximum Gasteiger partial charge on any atom is 0.115 e. The average molecular weight is 429 g/mol. The van der Waals surface area contributed by atoms with E-state index in [1.54, 1.807) is 0 Å². The van der Waals surface area contributed by atoms with Crippen LogP contribution in [0.5, 0.6) is 0 Å². The summed E-state index contributed by atoms with van der Waals surface area (Å²) in [5.41, 5.74) is 8.71. The molecule has 3 unspecified atom stereocenters. The van der Waals surface area contributed by atoms with Crippen LogP contribution in [-0.4, -0.2) is 6.17 Å². The quantitative estimate of drug-likeness (QED) is 0.304. The number of anilines is 4. The highest BCUT2D eigenvalue weighted by molar-refractivity contribution is 5.94. The summed E-state index contributed by atoms with van der Waals surface area (Å²) in [6.07, 6.45) is 2.29. The number of hydrogen-bond donors (Lipinski definition) is 0. The minimum atomic E-state index is -0.139. The number of hydrogen-bond acceptors (Lipinski definition) is 2. The first kappa shape index (κ1) is 19.9. The SMILES string of the molecule is C=CC1(C)c2ccccc2N2c3ccccc3N(c3ccccc3-c3ccccc3)C2C1C. The monoisotopic (exact) mass is 428 g/mol. The maximum absolute atomic E-state index is 4.29. The van der Waals surface area contributed by atoms with Gasteiger partial charge in [0.2, 0.25) is 0 Å². The van der Waals surface area contributed by atoms with Crippen molar-refractivity contribution in [2.24, 2.45) is 5.92 Å². The molecule has 4 aromatic rings. The summed E-state index contributed by atoms with van der Waals surface area (Å²) in [6.45, 7) is 9.01. The number of fused-ring (bicyclic) bond motifs is 5. The van der Waals surface area contributed by atoms with Crippen LogP contribution >= 0.6 is 0 Å². The van der Waals surface area contributed by atoms with Crippen molar-refractivity contribution in [1.82, 2.24) is 0 Å². The molecule has 33 heavy (non-hydrogen) atoms. The Balaban J connectivity index is 1.63. The summed E-state index contributed by atoms with van der Waals surface area (Å²) in [4.78, 5) is 5.10. The van der Waals surface area contributed by atoms with Gasteiger partial charge < -0.3 is 9.80 Å². The van der Waals surface area contributed by atoms with Gasteiger partial charge in [-0.25, -0.2) is 0 Å². The van der Waals surface area contributed by atoms with Gasteiger partial charge in [0.05, 0.1) is 17.1 Å². The van der Waals surface area contributed by atoms with Crippen molar-refractivity contribution in [3.05, 3.63) is 121 Å².